The molecule has 2 N–H and O–H groups in total. The second-order valence-corrected chi connectivity index (χ2v) is 20.0. The van der Waals surface area contributed by atoms with Gasteiger partial charge in [0, 0.05) is 27.0 Å². The number of amides is 2. The van der Waals surface area contributed by atoms with E-state index in [0.717, 1.165) is 55.9 Å². The van der Waals surface area contributed by atoms with E-state index in [1.807, 2.05) is 20.8 Å². The first kappa shape index (κ1) is 43.7. The molecule has 10 nitrogen and oxygen atoms in total. The Morgan fingerprint density at radius 1 is 0.717 bits per heavy atom. The molecule has 0 saturated heterocycles. The summed E-state index contributed by atoms with van der Waals surface area (Å²) in [4.78, 5) is 31.5. The zero-order chi connectivity index (χ0) is 40.5. The maximum atomic E-state index is 14.1. The standard InChI is InChI=1S/C17H20ClFN2O3S2.C16H13ClF4N2O3S/c1-16(2,3)13-9-25-15(20-13)21-14(22)17(4,5)26(23,24)12-7-6-10(18)8-11(12)19;1-15(2,27(25,26)12-5-4-10(17)7-11(12)18)14(24)23-13-6-3-9(8-22-13)16(19,20)21/h6-9H,1-5H3,(H,20,21,22);3-8H,1-2H3,(H,22,23,24). The van der Waals surface area contributed by atoms with Crippen molar-refractivity contribution in [2.45, 2.75) is 79.3 Å². The van der Waals surface area contributed by atoms with Gasteiger partial charge in [0.05, 0.1) is 11.3 Å². The molecule has 0 unspecified atom stereocenters. The number of aromatic nitrogens is 2. The first-order valence-corrected chi connectivity index (χ1v) is 19.6. The summed E-state index contributed by atoms with van der Waals surface area (Å²) >= 11 is 12.5. The number of anilines is 2. The second kappa shape index (κ2) is 15.6. The van der Waals surface area contributed by atoms with Gasteiger partial charge in [0.1, 0.15) is 36.7 Å². The number of sulfone groups is 2. The number of hydrogen-bond acceptors (Lipinski definition) is 9. The van der Waals surface area contributed by atoms with E-state index in [0.29, 0.717) is 17.4 Å². The van der Waals surface area contributed by atoms with Crippen LogP contribution in [0.25, 0.3) is 0 Å². The largest absolute Gasteiger partial charge is 0.417 e. The molecule has 0 aliphatic carbocycles. The van der Waals surface area contributed by atoms with Gasteiger partial charge >= 0.3 is 6.18 Å². The van der Waals surface area contributed by atoms with Crippen LogP contribution >= 0.6 is 34.5 Å². The van der Waals surface area contributed by atoms with Gasteiger partial charge in [-0.05, 0) is 76.2 Å². The van der Waals surface area contributed by atoms with Gasteiger partial charge in [-0.15, -0.1) is 11.3 Å². The molecule has 0 aliphatic heterocycles. The summed E-state index contributed by atoms with van der Waals surface area (Å²) in [6.07, 6.45) is -4.11. The number of thiazole rings is 1. The molecule has 2 amide bonds. The predicted octanol–water partition coefficient (Wildman–Crippen LogP) is 8.51. The number of nitrogens with one attached hydrogen (secondary N) is 2. The Kier molecular flexibility index (Phi) is 12.8. The van der Waals surface area contributed by atoms with Crippen molar-refractivity contribution in [3.8, 4) is 0 Å². The monoisotopic (exact) mass is 842 g/mol. The smallest absolute Gasteiger partial charge is 0.309 e. The summed E-state index contributed by atoms with van der Waals surface area (Å²) in [5.41, 5.74) is -0.453. The summed E-state index contributed by atoms with van der Waals surface area (Å²) in [5, 5.41) is 6.78. The summed E-state index contributed by atoms with van der Waals surface area (Å²) in [5.74, 6) is -4.29. The fourth-order valence-electron chi connectivity index (χ4n) is 4.01. The summed E-state index contributed by atoms with van der Waals surface area (Å²) in [6.45, 7) is 10.5. The first-order chi connectivity index (χ1) is 24.0. The van der Waals surface area contributed by atoms with Gasteiger partial charge in [0.25, 0.3) is 0 Å². The summed E-state index contributed by atoms with van der Waals surface area (Å²) < 4.78 is 113. The predicted molar refractivity (Wildman–Crippen MR) is 193 cm³/mol. The van der Waals surface area contributed by atoms with Gasteiger partial charge in [0.15, 0.2) is 24.8 Å². The highest BCUT2D eigenvalue weighted by Gasteiger charge is 2.45. The van der Waals surface area contributed by atoms with Crippen LogP contribution in [0.3, 0.4) is 0 Å². The molecule has 0 bridgehead atoms. The lowest BCUT2D eigenvalue weighted by Gasteiger charge is -2.24. The van der Waals surface area contributed by atoms with Crippen molar-refractivity contribution in [2.75, 3.05) is 10.6 Å². The molecule has 53 heavy (non-hydrogen) atoms. The van der Waals surface area contributed by atoms with Crippen LogP contribution < -0.4 is 10.6 Å². The van der Waals surface area contributed by atoms with Crippen LogP contribution in [0.2, 0.25) is 10.0 Å². The van der Waals surface area contributed by atoms with Crippen LogP contribution in [0.4, 0.5) is 32.9 Å². The van der Waals surface area contributed by atoms with E-state index < -0.39 is 74.1 Å². The molecule has 0 spiro atoms. The third-order valence-electron chi connectivity index (χ3n) is 7.63. The van der Waals surface area contributed by atoms with Crippen LogP contribution in [0.1, 0.15) is 59.7 Å². The van der Waals surface area contributed by atoms with Gasteiger partial charge in [-0.3, -0.25) is 9.59 Å². The molecule has 0 saturated carbocycles. The highest BCUT2D eigenvalue weighted by Crippen LogP contribution is 2.33. The molecule has 0 aliphatic rings. The van der Waals surface area contributed by atoms with Gasteiger partial charge in [0.2, 0.25) is 11.8 Å². The highest BCUT2D eigenvalue weighted by molar-refractivity contribution is 7.94. The molecule has 2 heterocycles. The van der Waals surface area contributed by atoms with Crippen molar-refractivity contribution < 1.29 is 48.4 Å². The Bertz CT molecular complexity index is 2240. The van der Waals surface area contributed by atoms with Gasteiger partial charge in [-0.25, -0.2) is 35.6 Å². The Balaban J connectivity index is 0.000000286. The molecule has 0 atom stereocenters. The van der Waals surface area contributed by atoms with Crippen molar-refractivity contribution >= 4 is 77.0 Å². The minimum Gasteiger partial charge on any atom is -0.309 e. The van der Waals surface area contributed by atoms with Gasteiger partial charge in [-0.2, -0.15) is 13.2 Å². The number of nitrogens with zero attached hydrogens (tertiary/aromatic N) is 2. The van der Waals surface area contributed by atoms with E-state index in [1.165, 1.54) is 31.3 Å². The zero-order valence-electron chi connectivity index (χ0n) is 29.0. The van der Waals surface area contributed by atoms with Gasteiger partial charge < -0.3 is 10.6 Å². The molecule has 20 heteroatoms. The summed E-state index contributed by atoms with van der Waals surface area (Å²) in [7, 11) is -8.79. The lowest BCUT2D eigenvalue weighted by Crippen LogP contribution is -2.44. The Morgan fingerprint density at radius 3 is 1.53 bits per heavy atom. The average Bonchev–Trinajstić information content (AvgIpc) is 3.50. The Labute approximate surface area is 317 Å². The quantitative estimate of drug-likeness (QED) is 0.168. The Hall–Kier alpha value is -3.71. The third kappa shape index (κ3) is 9.70. The molecular formula is C33H33Cl2F5N4O6S3. The fraction of sp³-hybridized carbons (Fsp3) is 0.333. The number of rotatable bonds is 8. The van der Waals surface area contributed by atoms with E-state index in [1.54, 1.807) is 5.38 Å². The number of halogens is 7. The van der Waals surface area contributed by atoms with Crippen LogP contribution in [-0.2, 0) is 40.9 Å². The topological polar surface area (TPSA) is 152 Å². The van der Waals surface area contributed by atoms with Crippen LogP contribution in [0, 0.1) is 11.6 Å². The molecule has 0 fully saturated rings. The highest BCUT2D eigenvalue weighted by atomic mass is 35.5. The lowest BCUT2D eigenvalue weighted by molar-refractivity contribution is -0.137. The molecule has 4 aromatic rings. The molecular weight excluding hydrogens is 810 g/mol. The van der Waals surface area contributed by atoms with Crippen LogP contribution in [0.15, 0.2) is 69.9 Å². The van der Waals surface area contributed by atoms with Crippen molar-refractivity contribution in [3.63, 3.8) is 0 Å². The maximum absolute atomic E-state index is 14.1. The zero-order valence-corrected chi connectivity index (χ0v) is 32.9. The van der Waals surface area contributed by atoms with Crippen molar-refractivity contribution in [2.24, 2.45) is 0 Å². The minimum atomic E-state index is -4.61. The molecule has 2 aromatic carbocycles. The molecule has 0 radical (unpaired) electrons. The average molecular weight is 844 g/mol. The van der Waals surface area contributed by atoms with Crippen molar-refractivity contribution in [3.05, 3.63) is 93.0 Å². The molecule has 288 valence electrons. The number of benzene rings is 2. The van der Waals surface area contributed by atoms with Crippen LogP contribution in [0.5, 0.6) is 0 Å². The normalized spacial score (nSPS) is 12.8. The van der Waals surface area contributed by atoms with Gasteiger partial charge in [-0.1, -0.05) is 44.0 Å². The summed E-state index contributed by atoms with van der Waals surface area (Å²) in [6, 6.07) is 7.67. The van der Waals surface area contributed by atoms with Crippen molar-refractivity contribution in [1.29, 1.82) is 0 Å². The fourth-order valence-corrected chi connectivity index (χ4v) is 8.07. The van der Waals surface area contributed by atoms with E-state index in [-0.39, 0.29) is 21.3 Å². The third-order valence-corrected chi connectivity index (χ3v) is 13.7. The molecule has 4 rings (SSSR count). The Morgan fingerprint density at radius 2 is 1.17 bits per heavy atom. The minimum absolute atomic E-state index is 0.0253. The van der Waals surface area contributed by atoms with Crippen LogP contribution in [-0.4, -0.2) is 48.1 Å². The number of carbonyl (C=O) groups excluding carboxylic acids is 2. The first-order valence-electron chi connectivity index (χ1n) is 15.0. The number of carbonyl (C=O) groups is 2. The second-order valence-electron chi connectivity index (χ2n) is 13.3. The number of hydrogen-bond donors (Lipinski definition) is 2. The maximum Gasteiger partial charge on any atom is 0.417 e. The van der Waals surface area contributed by atoms with Crippen molar-refractivity contribution in [1.82, 2.24) is 9.97 Å². The lowest BCUT2D eigenvalue weighted by atomic mass is 9.93. The SMILES string of the molecule is CC(C)(C(=O)Nc1ccc(C(F)(F)F)cn1)S(=O)(=O)c1ccc(Cl)cc1F.CC(C)(C)c1csc(NC(=O)C(C)(C)S(=O)(=O)c2ccc(Cl)cc2F)n1. The van der Waals surface area contributed by atoms with E-state index in [2.05, 4.69) is 20.6 Å². The van der Waals surface area contributed by atoms with E-state index in [9.17, 15) is 48.4 Å². The molecule has 2 aromatic heterocycles. The van der Waals surface area contributed by atoms with E-state index in [4.69, 9.17) is 23.2 Å². The van der Waals surface area contributed by atoms with E-state index >= 15 is 0 Å². The number of pyridine rings is 1. The number of alkyl halides is 3.